The summed E-state index contributed by atoms with van der Waals surface area (Å²) in [6, 6.07) is 10.3. The van der Waals surface area contributed by atoms with Crippen LogP contribution in [-0.4, -0.2) is 19.1 Å². The highest BCUT2D eigenvalue weighted by Crippen LogP contribution is 2.27. The first-order chi connectivity index (χ1) is 10.5. The fourth-order valence-electron chi connectivity index (χ4n) is 1.86. The third-order valence-corrected chi connectivity index (χ3v) is 3.34. The monoisotopic (exact) mass is 322 g/mol. The second-order valence-corrected chi connectivity index (χ2v) is 5.12. The zero-order chi connectivity index (χ0) is 16.1. The Labute approximate surface area is 133 Å². The minimum absolute atomic E-state index is 0.237. The van der Waals surface area contributed by atoms with Crippen LogP contribution in [0.15, 0.2) is 42.5 Å². The highest BCUT2D eigenvalue weighted by molar-refractivity contribution is 6.32. The number of halogens is 2. The number of ether oxygens (including phenoxy) is 1. The van der Waals surface area contributed by atoms with Crippen LogP contribution in [0.4, 0.5) is 15.8 Å². The predicted molar refractivity (Wildman–Crippen MR) is 86.1 cm³/mol. The maximum absolute atomic E-state index is 12.8. The van der Waals surface area contributed by atoms with Gasteiger partial charge < -0.3 is 15.4 Å². The topological polar surface area (TPSA) is 50.4 Å². The number of amides is 1. The zero-order valence-corrected chi connectivity index (χ0v) is 12.9. The van der Waals surface area contributed by atoms with E-state index in [1.54, 1.807) is 25.1 Å². The summed E-state index contributed by atoms with van der Waals surface area (Å²) < 4.78 is 17.9. The van der Waals surface area contributed by atoms with Gasteiger partial charge in [0.05, 0.1) is 12.1 Å². The molecule has 1 atom stereocenters. The number of hydrogen-bond donors (Lipinski definition) is 2. The minimum atomic E-state index is -0.491. The first-order valence-electron chi connectivity index (χ1n) is 6.66. The van der Waals surface area contributed by atoms with Gasteiger partial charge in [0.25, 0.3) is 0 Å². The molecular weight excluding hydrogens is 307 g/mol. The van der Waals surface area contributed by atoms with Gasteiger partial charge in [0.1, 0.15) is 17.6 Å². The molecule has 2 rings (SSSR count). The third kappa shape index (κ3) is 4.11. The molecule has 0 fully saturated rings. The van der Waals surface area contributed by atoms with Crippen molar-refractivity contribution in [3.63, 3.8) is 0 Å². The molecule has 2 aromatic rings. The molecule has 0 aliphatic rings. The van der Waals surface area contributed by atoms with Crippen molar-refractivity contribution in [2.75, 3.05) is 17.7 Å². The number of nitrogens with one attached hydrogen (secondary N) is 2. The van der Waals surface area contributed by atoms with Crippen LogP contribution in [0.25, 0.3) is 0 Å². The molecule has 6 heteroatoms. The van der Waals surface area contributed by atoms with Crippen LogP contribution in [0.2, 0.25) is 5.02 Å². The molecule has 116 valence electrons. The van der Waals surface area contributed by atoms with Crippen LogP contribution in [0.3, 0.4) is 0 Å². The first kappa shape index (κ1) is 16.1. The van der Waals surface area contributed by atoms with E-state index in [2.05, 4.69) is 10.6 Å². The standard InChI is InChI=1S/C16H16ClFN2O2/c1-10(16(21)20-12-5-3-11(18)4-6-12)19-13-7-8-15(22-2)14(17)9-13/h3-10,19H,1-2H3,(H,20,21)/t10-/m0/s1. The van der Waals surface area contributed by atoms with Gasteiger partial charge in [0.2, 0.25) is 5.91 Å². The second-order valence-electron chi connectivity index (χ2n) is 4.71. The lowest BCUT2D eigenvalue weighted by Gasteiger charge is -2.16. The Hall–Kier alpha value is -2.27. The third-order valence-electron chi connectivity index (χ3n) is 3.04. The number of anilines is 2. The van der Waals surface area contributed by atoms with Crippen molar-refractivity contribution in [3.8, 4) is 5.75 Å². The molecule has 4 nitrogen and oxygen atoms in total. The Bertz CT molecular complexity index is 662. The lowest BCUT2D eigenvalue weighted by molar-refractivity contribution is -0.116. The summed E-state index contributed by atoms with van der Waals surface area (Å²) in [6.45, 7) is 1.72. The molecule has 2 N–H and O–H groups in total. The van der Waals surface area contributed by atoms with Gasteiger partial charge in [-0.2, -0.15) is 0 Å². The maximum atomic E-state index is 12.8. The molecule has 0 saturated carbocycles. The Balaban J connectivity index is 1.99. The summed E-state index contributed by atoms with van der Waals surface area (Å²) >= 11 is 6.04. The molecule has 0 unspecified atom stereocenters. The van der Waals surface area contributed by atoms with E-state index in [-0.39, 0.29) is 11.7 Å². The van der Waals surface area contributed by atoms with Crippen molar-refractivity contribution >= 4 is 28.9 Å². The van der Waals surface area contributed by atoms with Crippen molar-refractivity contribution < 1.29 is 13.9 Å². The highest BCUT2D eigenvalue weighted by Gasteiger charge is 2.13. The predicted octanol–water partition coefficient (Wildman–Crippen LogP) is 3.93. The highest BCUT2D eigenvalue weighted by atomic mass is 35.5. The molecule has 0 bridgehead atoms. The number of carbonyl (C=O) groups excluding carboxylic acids is 1. The van der Waals surface area contributed by atoms with Gasteiger partial charge in [-0.3, -0.25) is 4.79 Å². The quantitative estimate of drug-likeness (QED) is 0.877. The Morgan fingerprint density at radius 1 is 1.18 bits per heavy atom. The van der Waals surface area contributed by atoms with Crippen molar-refractivity contribution in [3.05, 3.63) is 53.3 Å². The van der Waals surface area contributed by atoms with E-state index < -0.39 is 6.04 Å². The normalized spacial score (nSPS) is 11.6. The average molecular weight is 323 g/mol. The smallest absolute Gasteiger partial charge is 0.246 e. The van der Waals surface area contributed by atoms with Gasteiger partial charge in [-0.15, -0.1) is 0 Å². The van der Waals surface area contributed by atoms with Gasteiger partial charge in [0.15, 0.2) is 0 Å². The van der Waals surface area contributed by atoms with Crippen molar-refractivity contribution in [2.24, 2.45) is 0 Å². The van der Waals surface area contributed by atoms with Crippen LogP contribution in [0.5, 0.6) is 5.75 Å². The van der Waals surface area contributed by atoms with Crippen LogP contribution < -0.4 is 15.4 Å². The Kier molecular flexibility index (Phi) is 5.22. The summed E-state index contributed by atoms with van der Waals surface area (Å²) in [5.74, 6) is -0.0220. The molecule has 1 amide bonds. The van der Waals surface area contributed by atoms with Gasteiger partial charge in [-0.25, -0.2) is 4.39 Å². The van der Waals surface area contributed by atoms with E-state index in [4.69, 9.17) is 16.3 Å². The maximum Gasteiger partial charge on any atom is 0.246 e. The van der Waals surface area contributed by atoms with Gasteiger partial charge in [0, 0.05) is 11.4 Å². The molecule has 0 saturated heterocycles. The lowest BCUT2D eigenvalue weighted by Crippen LogP contribution is -2.31. The molecule has 0 radical (unpaired) electrons. The number of methoxy groups -OCH3 is 1. The fraction of sp³-hybridized carbons (Fsp3) is 0.188. The summed E-state index contributed by atoms with van der Waals surface area (Å²) in [6.07, 6.45) is 0. The van der Waals surface area contributed by atoms with Crippen LogP contribution >= 0.6 is 11.6 Å². The summed E-state index contributed by atoms with van der Waals surface area (Å²) in [5.41, 5.74) is 1.24. The van der Waals surface area contributed by atoms with Crippen LogP contribution in [-0.2, 0) is 4.79 Å². The molecule has 0 aliphatic heterocycles. The van der Waals surface area contributed by atoms with Gasteiger partial charge in [-0.1, -0.05) is 11.6 Å². The minimum Gasteiger partial charge on any atom is -0.495 e. The summed E-state index contributed by atoms with van der Waals surface area (Å²) in [5, 5.41) is 6.20. The Morgan fingerprint density at radius 2 is 1.82 bits per heavy atom. The van der Waals surface area contributed by atoms with E-state index in [0.29, 0.717) is 22.1 Å². The average Bonchev–Trinajstić information content (AvgIpc) is 2.49. The number of carbonyl (C=O) groups is 1. The van der Waals surface area contributed by atoms with Crippen molar-refractivity contribution in [1.82, 2.24) is 0 Å². The van der Waals surface area contributed by atoms with E-state index in [0.717, 1.165) is 0 Å². The number of benzene rings is 2. The first-order valence-corrected chi connectivity index (χ1v) is 7.04. The van der Waals surface area contributed by atoms with E-state index in [9.17, 15) is 9.18 Å². The van der Waals surface area contributed by atoms with Gasteiger partial charge >= 0.3 is 0 Å². The lowest BCUT2D eigenvalue weighted by atomic mass is 10.2. The van der Waals surface area contributed by atoms with Crippen LogP contribution in [0.1, 0.15) is 6.92 Å². The van der Waals surface area contributed by atoms with E-state index in [1.165, 1.54) is 31.4 Å². The number of hydrogen-bond acceptors (Lipinski definition) is 3. The fourth-order valence-corrected chi connectivity index (χ4v) is 2.11. The summed E-state index contributed by atoms with van der Waals surface area (Å²) in [7, 11) is 1.53. The Morgan fingerprint density at radius 3 is 2.41 bits per heavy atom. The molecule has 0 spiro atoms. The second kappa shape index (κ2) is 7.13. The van der Waals surface area contributed by atoms with Crippen molar-refractivity contribution in [2.45, 2.75) is 13.0 Å². The van der Waals surface area contributed by atoms with E-state index >= 15 is 0 Å². The molecule has 0 aromatic heterocycles. The molecular formula is C16H16ClFN2O2. The zero-order valence-electron chi connectivity index (χ0n) is 12.2. The van der Waals surface area contributed by atoms with Crippen molar-refractivity contribution in [1.29, 1.82) is 0 Å². The van der Waals surface area contributed by atoms with Gasteiger partial charge in [-0.05, 0) is 49.4 Å². The van der Waals surface area contributed by atoms with Crippen LogP contribution in [0, 0.1) is 5.82 Å². The SMILES string of the molecule is COc1ccc(N[C@@H](C)C(=O)Nc2ccc(F)cc2)cc1Cl. The molecule has 0 heterocycles. The van der Waals surface area contributed by atoms with E-state index in [1.807, 2.05) is 0 Å². The number of rotatable bonds is 5. The molecule has 0 aliphatic carbocycles. The largest absolute Gasteiger partial charge is 0.495 e. The molecule has 22 heavy (non-hydrogen) atoms. The molecule has 2 aromatic carbocycles. The summed E-state index contributed by atoms with van der Waals surface area (Å²) in [4.78, 5) is 12.1.